The molecule has 0 aliphatic heterocycles. The fourth-order valence-electron chi connectivity index (χ4n) is 2.13. The van der Waals surface area contributed by atoms with Gasteiger partial charge >= 0.3 is 0 Å². The first-order chi connectivity index (χ1) is 9.18. The standard InChI is InChI=1S/C13H17FN2O2S2/c1-8-5-4-6-9-10(14)12(19-11(8)9)13(2,15)7-20(17,18)16-3/h4-6,16H,7,15H2,1-3H3/t13-/m0/s1. The van der Waals surface area contributed by atoms with Gasteiger partial charge in [0, 0.05) is 10.1 Å². The van der Waals surface area contributed by atoms with Gasteiger partial charge in [0.05, 0.1) is 16.2 Å². The minimum Gasteiger partial charge on any atom is -0.320 e. The number of nitrogens with one attached hydrogen (secondary N) is 1. The number of halogens is 1. The number of hydrogen-bond acceptors (Lipinski definition) is 4. The summed E-state index contributed by atoms with van der Waals surface area (Å²) in [6.45, 7) is 3.42. The van der Waals surface area contributed by atoms with E-state index < -0.39 is 21.4 Å². The first-order valence-corrected chi connectivity index (χ1v) is 8.53. The Morgan fingerprint density at radius 2 is 2.10 bits per heavy atom. The summed E-state index contributed by atoms with van der Waals surface area (Å²) in [6, 6.07) is 5.34. The molecule has 3 N–H and O–H groups in total. The Morgan fingerprint density at radius 1 is 1.45 bits per heavy atom. The van der Waals surface area contributed by atoms with E-state index in [0.29, 0.717) is 5.39 Å². The van der Waals surface area contributed by atoms with Crippen LogP contribution in [0, 0.1) is 12.7 Å². The molecular formula is C13H17FN2O2S2. The minimum absolute atomic E-state index is 0.264. The molecule has 20 heavy (non-hydrogen) atoms. The molecule has 0 saturated carbocycles. The van der Waals surface area contributed by atoms with Gasteiger partial charge in [-0.3, -0.25) is 0 Å². The highest BCUT2D eigenvalue weighted by atomic mass is 32.2. The third-order valence-corrected chi connectivity index (χ3v) is 6.37. The maximum absolute atomic E-state index is 14.5. The van der Waals surface area contributed by atoms with Gasteiger partial charge in [-0.25, -0.2) is 17.5 Å². The summed E-state index contributed by atoms with van der Waals surface area (Å²) < 4.78 is 40.9. The Balaban J connectivity index is 2.58. The van der Waals surface area contributed by atoms with Gasteiger partial charge in [-0.1, -0.05) is 18.2 Å². The second-order valence-corrected chi connectivity index (χ2v) is 8.02. The smallest absolute Gasteiger partial charge is 0.213 e. The number of sulfonamides is 1. The Labute approximate surface area is 121 Å². The van der Waals surface area contributed by atoms with Gasteiger partial charge in [-0.2, -0.15) is 0 Å². The summed E-state index contributed by atoms with van der Waals surface area (Å²) in [5, 5.41) is 0.489. The first kappa shape index (κ1) is 15.4. The topological polar surface area (TPSA) is 72.2 Å². The zero-order chi connectivity index (χ0) is 15.1. The Bertz CT molecular complexity index is 751. The van der Waals surface area contributed by atoms with Crippen LogP contribution in [0.1, 0.15) is 17.4 Å². The zero-order valence-corrected chi connectivity index (χ0v) is 13.2. The van der Waals surface area contributed by atoms with Crippen LogP contribution < -0.4 is 10.5 Å². The number of rotatable bonds is 4. The van der Waals surface area contributed by atoms with Crippen molar-refractivity contribution in [1.82, 2.24) is 4.72 Å². The van der Waals surface area contributed by atoms with Gasteiger partial charge < -0.3 is 5.73 Å². The molecule has 0 amide bonds. The van der Waals surface area contributed by atoms with Crippen LogP contribution >= 0.6 is 11.3 Å². The molecule has 0 spiro atoms. The number of aryl methyl sites for hydroxylation is 1. The molecule has 0 saturated heterocycles. The lowest BCUT2D eigenvalue weighted by Gasteiger charge is -2.22. The van der Waals surface area contributed by atoms with Crippen LogP contribution in [0.2, 0.25) is 0 Å². The van der Waals surface area contributed by atoms with Gasteiger partial charge in [-0.05, 0) is 26.5 Å². The minimum atomic E-state index is -3.52. The van der Waals surface area contributed by atoms with Crippen LogP contribution in [0.15, 0.2) is 18.2 Å². The first-order valence-electron chi connectivity index (χ1n) is 6.06. The summed E-state index contributed by atoms with van der Waals surface area (Å²) >= 11 is 1.22. The number of nitrogens with two attached hydrogens (primary N) is 1. The normalized spacial score (nSPS) is 15.4. The molecule has 1 aromatic carbocycles. The quantitative estimate of drug-likeness (QED) is 0.907. The van der Waals surface area contributed by atoms with Crippen LogP contribution in [-0.4, -0.2) is 21.2 Å². The van der Waals surface area contributed by atoms with Crippen LogP contribution in [0.4, 0.5) is 4.39 Å². The van der Waals surface area contributed by atoms with Crippen LogP contribution in [0.3, 0.4) is 0 Å². The fourth-order valence-corrected chi connectivity index (χ4v) is 4.50. The van der Waals surface area contributed by atoms with Crippen molar-refractivity contribution in [2.24, 2.45) is 5.73 Å². The molecule has 2 aromatic rings. The van der Waals surface area contributed by atoms with E-state index in [-0.39, 0.29) is 10.6 Å². The molecule has 4 nitrogen and oxygen atoms in total. The highest BCUT2D eigenvalue weighted by Gasteiger charge is 2.33. The van der Waals surface area contributed by atoms with Crippen molar-refractivity contribution in [3.8, 4) is 0 Å². The van der Waals surface area contributed by atoms with E-state index in [2.05, 4.69) is 4.72 Å². The molecule has 7 heteroatoms. The molecule has 1 heterocycles. The van der Waals surface area contributed by atoms with E-state index in [1.54, 1.807) is 12.1 Å². The lowest BCUT2D eigenvalue weighted by atomic mass is 10.0. The summed E-state index contributed by atoms with van der Waals surface area (Å²) in [7, 11) is -2.21. The van der Waals surface area contributed by atoms with Crippen molar-refractivity contribution in [3.63, 3.8) is 0 Å². The van der Waals surface area contributed by atoms with Crippen molar-refractivity contribution in [1.29, 1.82) is 0 Å². The molecule has 0 aliphatic rings. The number of fused-ring (bicyclic) bond motifs is 1. The van der Waals surface area contributed by atoms with Crippen molar-refractivity contribution < 1.29 is 12.8 Å². The van der Waals surface area contributed by atoms with Gasteiger partial charge in [0.1, 0.15) is 5.82 Å². The molecule has 0 unspecified atom stereocenters. The Kier molecular flexibility index (Phi) is 3.90. The molecule has 0 radical (unpaired) electrons. The maximum Gasteiger partial charge on any atom is 0.213 e. The van der Waals surface area contributed by atoms with Gasteiger partial charge in [0.2, 0.25) is 10.0 Å². The third kappa shape index (κ3) is 2.71. The van der Waals surface area contributed by atoms with E-state index >= 15 is 0 Å². The monoisotopic (exact) mass is 316 g/mol. The zero-order valence-electron chi connectivity index (χ0n) is 11.5. The summed E-state index contributed by atoms with van der Waals surface area (Å²) in [6.07, 6.45) is 0. The molecule has 1 aromatic heterocycles. The van der Waals surface area contributed by atoms with Crippen LogP contribution in [-0.2, 0) is 15.6 Å². The van der Waals surface area contributed by atoms with Crippen LogP contribution in [0.25, 0.3) is 10.1 Å². The molecule has 0 fully saturated rings. The summed E-state index contributed by atoms with van der Waals surface area (Å²) in [5.41, 5.74) is 5.74. The molecule has 2 rings (SSSR count). The average Bonchev–Trinajstić information content (AvgIpc) is 2.68. The molecule has 110 valence electrons. The van der Waals surface area contributed by atoms with E-state index in [1.165, 1.54) is 25.3 Å². The van der Waals surface area contributed by atoms with Crippen molar-refractivity contribution in [2.45, 2.75) is 19.4 Å². The lowest BCUT2D eigenvalue weighted by molar-refractivity contribution is 0.505. The Morgan fingerprint density at radius 3 is 2.65 bits per heavy atom. The van der Waals surface area contributed by atoms with Crippen molar-refractivity contribution >= 4 is 31.4 Å². The third-order valence-electron chi connectivity index (χ3n) is 3.17. The fraction of sp³-hybridized carbons (Fsp3) is 0.385. The molecule has 1 atom stereocenters. The van der Waals surface area contributed by atoms with Gasteiger partial charge in [0.15, 0.2) is 0 Å². The van der Waals surface area contributed by atoms with E-state index in [9.17, 15) is 12.8 Å². The summed E-state index contributed by atoms with van der Waals surface area (Å²) in [4.78, 5) is 0.264. The second-order valence-electron chi connectivity index (χ2n) is 5.08. The van der Waals surface area contributed by atoms with Crippen molar-refractivity contribution in [3.05, 3.63) is 34.5 Å². The number of thiophene rings is 1. The van der Waals surface area contributed by atoms with E-state index in [0.717, 1.165) is 10.3 Å². The predicted octanol–water partition coefficient (Wildman–Crippen LogP) is 2.07. The second kappa shape index (κ2) is 5.07. The highest BCUT2D eigenvalue weighted by molar-refractivity contribution is 7.89. The SMILES string of the molecule is CNS(=O)(=O)C[C@](C)(N)c1sc2c(C)cccc2c1F. The predicted molar refractivity (Wildman–Crippen MR) is 80.9 cm³/mol. The molecule has 0 bridgehead atoms. The van der Waals surface area contributed by atoms with Crippen molar-refractivity contribution in [2.75, 3.05) is 12.8 Å². The lowest BCUT2D eigenvalue weighted by Crippen LogP contribution is -2.43. The van der Waals surface area contributed by atoms with Gasteiger partial charge in [0.25, 0.3) is 0 Å². The highest BCUT2D eigenvalue weighted by Crippen LogP contribution is 2.37. The molecule has 0 aliphatic carbocycles. The number of benzene rings is 1. The van der Waals surface area contributed by atoms with Crippen LogP contribution in [0.5, 0.6) is 0 Å². The Hall–Kier alpha value is -1.02. The largest absolute Gasteiger partial charge is 0.320 e. The average molecular weight is 316 g/mol. The van der Waals surface area contributed by atoms with E-state index in [4.69, 9.17) is 5.73 Å². The summed E-state index contributed by atoms with van der Waals surface area (Å²) in [5.74, 6) is -0.788. The maximum atomic E-state index is 14.5. The van der Waals surface area contributed by atoms with E-state index in [1.807, 2.05) is 13.0 Å². The molecular weight excluding hydrogens is 299 g/mol. The van der Waals surface area contributed by atoms with Gasteiger partial charge in [-0.15, -0.1) is 11.3 Å². The number of hydrogen-bond donors (Lipinski definition) is 2.